The maximum Gasteiger partial charge on any atom is 0.167 e. The number of aromatic nitrogens is 1. The van der Waals surface area contributed by atoms with Crippen LogP contribution in [0.25, 0.3) is 11.3 Å². The lowest BCUT2D eigenvalue weighted by atomic mass is 9.85. The average Bonchev–Trinajstić information content (AvgIpc) is 3.02. The van der Waals surface area contributed by atoms with Crippen LogP contribution < -0.4 is 5.32 Å². The molecule has 5 heteroatoms. The van der Waals surface area contributed by atoms with Gasteiger partial charge in [-0.2, -0.15) is 0 Å². The number of halogens is 1. The Kier molecular flexibility index (Phi) is 6.37. The number of aldehydes is 1. The summed E-state index contributed by atoms with van der Waals surface area (Å²) in [5.41, 5.74) is 1.81. The lowest BCUT2D eigenvalue weighted by Gasteiger charge is -2.22. The van der Waals surface area contributed by atoms with Crippen molar-refractivity contribution in [2.24, 2.45) is 11.8 Å². The summed E-state index contributed by atoms with van der Waals surface area (Å²) in [5, 5.41) is 8.07. The van der Waals surface area contributed by atoms with Crippen molar-refractivity contribution >= 4 is 17.9 Å². The molecule has 0 saturated carbocycles. The van der Waals surface area contributed by atoms with Gasteiger partial charge in [-0.05, 0) is 57.0 Å². The summed E-state index contributed by atoms with van der Waals surface area (Å²) in [6.45, 7) is 4.08. The molecule has 0 bridgehead atoms. The number of hydrogen-bond donors (Lipinski definition) is 1. The predicted molar refractivity (Wildman–Crippen MR) is 92.5 cm³/mol. The summed E-state index contributed by atoms with van der Waals surface area (Å²) in [6.07, 6.45) is 2.66. The van der Waals surface area contributed by atoms with E-state index in [1.54, 1.807) is 0 Å². The number of benzene rings is 1. The van der Waals surface area contributed by atoms with Crippen molar-refractivity contribution in [2.45, 2.75) is 32.7 Å². The normalized spacial score (nSPS) is 15.1. The molecule has 0 aliphatic heterocycles. The van der Waals surface area contributed by atoms with Crippen LogP contribution in [-0.2, 0) is 11.2 Å². The van der Waals surface area contributed by atoms with E-state index in [0.29, 0.717) is 11.1 Å². The van der Waals surface area contributed by atoms with E-state index in [9.17, 15) is 4.79 Å². The Bertz CT molecular complexity index is 624. The Morgan fingerprint density at radius 1 is 1.30 bits per heavy atom. The van der Waals surface area contributed by atoms with Gasteiger partial charge in [0.05, 0.1) is 5.69 Å². The first-order valence-electron chi connectivity index (χ1n) is 7.87. The minimum Gasteiger partial charge on any atom is -0.356 e. The van der Waals surface area contributed by atoms with E-state index < -0.39 is 0 Å². The number of carbonyl (C=O) groups excluding carboxylic acids is 1. The number of hydrogen-bond acceptors (Lipinski definition) is 4. The van der Waals surface area contributed by atoms with Gasteiger partial charge in [0.15, 0.2) is 5.76 Å². The van der Waals surface area contributed by atoms with Crippen LogP contribution in [0.3, 0.4) is 0 Å². The second-order valence-electron chi connectivity index (χ2n) is 6.07. The molecule has 0 saturated heterocycles. The molecule has 0 fully saturated rings. The second kappa shape index (κ2) is 8.27. The van der Waals surface area contributed by atoms with Gasteiger partial charge in [-0.1, -0.05) is 23.7 Å². The number of carbonyl (C=O) groups is 1. The molecule has 1 aromatic heterocycles. The van der Waals surface area contributed by atoms with Crippen molar-refractivity contribution in [3.63, 3.8) is 0 Å². The fraction of sp³-hybridized carbons (Fsp3) is 0.444. The van der Waals surface area contributed by atoms with Crippen LogP contribution in [0.1, 0.15) is 26.0 Å². The first-order chi connectivity index (χ1) is 11.0. The molecule has 3 unspecified atom stereocenters. The summed E-state index contributed by atoms with van der Waals surface area (Å²) < 4.78 is 5.44. The van der Waals surface area contributed by atoms with Crippen LogP contribution in [0, 0.1) is 11.8 Å². The molecule has 23 heavy (non-hydrogen) atoms. The van der Waals surface area contributed by atoms with Crippen LogP contribution in [-0.4, -0.2) is 24.5 Å². The molecule has 124 valence electrons. The number of nitrogens with zero attached hydrogens (tertiary/aromatic N) is 1. The Hall–Kier alpha value is -1.65. The van der Waals surface area contributed by atoms with Gasteiger partial charge in [0, 0.05) is 28.6 Å². The van der Waals surface area contributed by atoms with E-state index in [1.165, 1.54) is 0 Å². The van der Waals surface area contributed by atoms with Gasteiger partial charge in [0.1, 0.15) is 6.29 Å². The zero-order valence-corrected chi connectivity index (χ0v) is 14.5. The third-order valence-electron chi connectivity index (χ3n) is 4.27. The molecule has 2 aromatic rings. The van der Waals surface area contributed by atoms with Gasteiger partial charge < -0.3 is 14.6 Å². The van der Waals surface area contributed by atoms with E-state index in [4.69, 9.17) is 16.1 Å². The number of nitrogens with one attached hydrogen (secondary N) is 1. The van der Waals surface area contributed by atoms with Gasteiger partial charge >= 0.3 is 0 Å². The molecule has 1 heterocycles. The molecule has 0 radical (unpaired) electrons. The summed E-state index contributed by atoms with van der Waals surface area (Å²) in [4.78, 5) is 11.2. The van der Waals surface area contributed by atoms with E-state index >= 15 is 0 Å². The fourth-order valence-corrected chi connectivity index (χ4v) is 2.72. The zero-order chi connectivity index (χ0) is 16.8. The smallest absolute Gasteiger partial charge is 0.167 e. The van der Waals surface area contributed by atoms with E-state index in [0.717, 1.165) is 36.1 Å². The van der Waals surface area contributed by atoms with Gasteiger partial charge in [0.25, 0.3) is 0 Å². The monoisotopic (exact) mass is 334 g/mol. The highest BCUT2D eigenvalue weighted by Crippen LogP contribution is 2.26. The van der Waals surface area contributed by atoms with Gasteiger partial charge in [-0.15, -0.1) is 0 Å². The molecule has 0 amide bonds. The highest BCUT2D eigenvalue weighted by Gasteiger charge is 2.21. The molecular weight excluding hydrogens is 312 g/mol. The summed E-state index contributed by atoms with van der Waals surface area (Å²) >= 11 is 5.90. The third-order valence-corrected chi connectivity index (χ3v) is 4.52. The van der Waals surface area contributed by atoms with Crippen molar-refractivity contribution in [1.82, 2.24) is 10.5 Å². The minimum atomic E-state index is -0.0125. The molecule has 1 N–H and O–H groups in total. The van der Waals surface area contributed by atoms with Gasteiger partial charge in [-0.3, -0.25) is 0 Å². The predicted octanol–water partition coefficient (Wildman–Crippen LogP) is 3.99. The van der Waals surface area contributed by atoms with Gasteiger partial charge in [0.2, 0.25) is 0 Å². The van der Waals surface area contributed by atoms with Crippen molar-refractivity contribution in [2.75, 3.05) is 7.05 Å². The lowest BCUT2D eigenvalue weighted by molar-refractivity contribution is -0.112. The van der Waals surface area contributed by atoms with E-state index in [2.05, 4.69) is 17.4 Å². The molecule has 2 rings (SSSR count). The SMILES string of the molecule is CNC(C)CC(Cc1cc(-c2ccc(Cl)cc2)on1)C(C)C=O. The highest BCUT2D eigenvalue weighted by atomic mass is 35.5. The fourth-order valence-electron chi connectivity index (χ4n) is 2.59. The van der Waals surface area contributed by atoms with E-state index in [1.807, 2.05) is 44.3 Å². The van der Waals surface area contributed by atoms with Crippen LogP contribution in [0.4, 0.5) is 0 Å². The average molecular weight is 335 g/mol. The molecule has 0 aliphatic rings. The molecule has 3 atom stereocenters. The lowest BCUT2D eigenvalue weighted by Crippen LogP contribution is -2.28. The van der Waals surface area contributed by atoms with Crippen LogP contribution in [0.15, 0.2) is 34.9 Å². The first-order valence-corrected chi connectivity index (χ1v) is 8.25. The van der Waals surface area contributed by atoms with Crippen molar-refractivity contribution in [3.05, 3.63) is 41.0 Å². The maximum atomic E-state index is 11.2. The minimum absolute atomic E-state index is 0.0125. The van der Waals surface area contributed by atoms with Crippen LogP contribution in [0.2, 0.25) is 5.02 Å². The number of rotatable bonds is 8. The molecule has 0 spiro atoms. The van der Waals surface area contributed by atoms with Gasteiger partial charge in [-0.25, -0.2) is 0 Å². The van der Waals surface area contributed by atoms with Crippen molar-refractivity contribution in [1.29, 1.82) is 0 Å². The summed E-state index contributed by atoms with van der Waals surface area (Å²) in [7, 11) is 1.93. The molecule has 1 aromatic carbocycles. The summed E-state index contributed by atoms with van der Waals surface area (Å²) in [6, 6.07) is 9.75. The largest absolute Gasteiger partial charge is 0.356 e. The molecular formula is C18H23ClN2O2. The Balaban J connectivity index is 2.11. The summed E-state index contributed by atoms with van der Waals surface area (Å²) in [5.74, 6) is 0.940. The van der Waals surface area contributed by atoms with E-state index in [-0.39, 0.29) is 11.8 Å². The Labute approximate surface area is 142 Å². The standard InChI is InChI=1S/C18H23ClN2O2/c1-12(11-22)15(8-13(2)20-3)9-17-10-18(23-21-17)14-4-6-16(19)7-5-14/h4-7,10-13,15,20H,8-9H2,1-3H3. The van der Waals surface area contributed by atoms with Crippen molar-refractivity contribution in [3.8, 4) is 11.3 Å². The Morgan fingerprint density at radius 2 is 2.00 bits per heavy atom. The molecule has 4 nitrogen and oxygen atoms in total. The first kappa shape index (κ1) is 17.7. The van der Waals surface area contributed by atoms with Crippen molar-refractivity contribution < 1.29 is 9.32 Å². The second-order valence-corrected chi connectivity index (χ2v) is 6.51. The topological polar surface area (TPSA) is 55.1 Å². The quantitative estimate of drug-likeness (QED) is 0.742. The zero-order valence-electron chi connectivity index (χ0n) is 13.8. The van der Waals surface area contributed by atoms with Crippen LogP contribution >= 0.6 is 11.6 Å². The maximum absolute atomic E-state index is 11.2. The van der Waals surface area contributed by atoms with Crippen LogP contribution in [0.5, 0.6) is 0 Å². The molecule has 0 aliphatic carbocycles. The highest BCUT2D eigenvalue weighted by molar-refractivity contribution is 6.30. The Morgan fingerprint density at radius 3 is 2.61 bits per heavy atom. The third kappa shape index (κ3) is 4.91.